The predicted molar refractivity (Wildman–Crippen MR) is 85.4 cm³/mol. The van der Waals surface area contributed by atoms with Crippen LogP contribution in [-0.4, -0.2) is 12.0 Å². The highest BCUT2D eigenvalue weighted by Crippen LogP contribution is 2.47. The van der Waals surface area contributed by atoms with Crippen molar-refractivity contribution in [3.05, 3.63) is 57.5 Å². The van der Waals surface area contributed by atoms with Gasteiger partial charge in [0.25, 0.3) is 5.69 Å². The normalized spacial score (nSPS) is 19.6. The van der Waals surface area contributed by atoms with Gasteiger partial charge in [0.05, 0.1) is 18.6 Å². The van der Waals surface area contributed by atoms with Crippen molar-refractivity contribution in [2.45, 2.75) is 32.4 Å². The number of ether oxygens (including phenoxy) is 1. The van der Waals surface area contributed by atoms with Crippen LogP contribution >= 0.6 is 0 Å². The molecule has 1 aliphatic carbocycles. The van der Waals surface area contributed by atoms with Gasteiger partial charge in [-0.2, -0.15) is 0 Å². The van der Waals surface area contributed by atoms with Crippen molar-refractivity contribution in [1.29, 1.82) is 0 Å². The average molecular weight is 316 g/mol. The van der Waals surface area contributed by atoms with Gasteiger partial charge < -0.3 is 14.5 Å². The summed E-state index contributed by atoms with van der Waals surface area (Å²) < 4.78 is 11.1. The number of nitrogens with zero attached hydrogens (tertiary/aromatic N) is 1. The zero-order chi connectivity index (χ0) is 16.4. The molecular formula is C17H20N2O4. The third-order valence-corrected chi connectivity index (χ3v) is 4.25. The zero-order valence-electron chi connectivity index (χ0n) is 13.2. The number of nitro groups is 1. The lowest BCUT2D eigenvalue weighted by atomic mass is 10.1. The molecule has 1 aromatic carbocycles. The molecule has 6 heteroatoms. The highest BCUT2D eigenvalue weighted by Gasteiger charge is 2.36. The molecule has 0 spiro atoms. The van der Waals surface area contributed by atoms with Crippen molar-refractivity contribution in [2.75, 3.05) is 7.11 Å². The minimum Gasteiger partial charge on any atom is -0.496 e. The molecule has 2 atom stereocenters. The number of benzene rings is 1. The Morgan fingerprint density at radius 3 is 2.78 bits per heavy atom. The lowest BCUT2D eigenvalue weighted by Gasteiger charge is -2.09. The summed E-state index contributed by atoms with van der Waals surface area (Å²) in [6, 6.07) is 8.62. The molecule has 3 rings (SSSR count). The molecule has 1 aliphatic rings. The Kier molecular flexibility index (Phi) is 4.34. The zero-order valence-corrected chi connectivity index (χ0v) is 13.2. The summed E-state index contributed by atoms with van der Waals surface area (Å²) in [6.45, 7) is 3.27. The van der Waals surface area contributed by atoms with Gasteiger partial charge >= 0.3 is 0 Å². The van der Waals surface area contributed by atoms with Crippen molar-refractivity contribution in [3.63, 3.8) is 0 Å². The molecule has 1 N–H and O–H groups in total. The SMILES string of the molecule is COc1ccc([N+](=O)[O-])cc1CNCc1ccc(C2CC2C)o1. The summed E-state index contributed by atoms with van der Waals surface area (Å²) in [5, 5.41) is 14.1. The molecule has 0 saturated heterocycles. The standard InChI is InChI=1S/C17H20N2O4/c1-11-7-15(11)17-6-4-14(23-17)10-18-9-12-8-13(19(20)21)3-5-16(12)22-2/h3-6,8,11,15,18H,7,9-10H2,1-2H3. The summed E-state index contributed by atoms with van der Waals surface area (Å²) in [6.07, 6.45) is 1.20. The van der Waals surface area contributed by atoms with Crippen molar-refractivity contribution < 1.29 is 14.1 Å². The fourth-order valence-corrected chi connectivity index (χ4v) is 2.74. The number of rotatable bonds is 7. The molecule has 0 radical (unpaired) electrons. The maximum atomic E-state index is 10.9. The number of non-ortho nitro benzene ring substituents is 1. The van der Waals surface area contributed by atoms with Crippen molar-refractivity contribution in [3.8, 4) is 5.75 Å². The van der Waals surface area contributed by atoms with E-state index >= 15 is 0 Å². The Morgan fingerprint density at radius 1 is 1.35 bits per heavy atom. The molecule has 1 heterocycles. The summed E-state index contributed by atoms with van der Waals surface area (Å²) in [7, 11) is 1.56. The van der Waals surface area contributed by atoms with Crippen molar-refractivity contribution in [1.82, 2.24) is 5.32 Å². The van der Waals surface area contributed by atoms with Crippen LogP contribution in [0.1, 0.15) is 36.3 Å². The number of nitro benzene ring substituents is 1. The van der Waals surface area contributed by atoms with Gasteiger partial charge in [-0.3, -0.25) is 10.1 Å². The number of hydrogen-bond donors (Lipinski definition) is 1. The first-order valence-electron chi connectivity index (χ1n) is 7.69. The molecule has 6 nitrogen and oxygen atoms in total. The Morgan fingerprint density at radius 2 is 2.13 bits per heavy atom. The fraction of sp³-hybridized carbons (Fsp3) is 0.412. The first-order chi connectivity index (χ1) is 11.1. The van der Waals surface area contributed by atoms with Crippen LogP contribution in [0.3, 0.4) is 0 Å². The van der Waals surface area contributed by atoms with Crippen LogP contribution in [0.15, 0.2) is 34.7 Å². The molecular weight excluding hydrogens is 296 g/mol. The van der Waals surface area contributed by atoms with Gasteiger partial charge in [-0.25, -0.2) is 0 Å². The van der Waals surface area contributed by atoms with Gasteiger partial charge in [-0.05, 0) is 30.5 Å². The van der Waals surface area contributed by atoms with Gasteiger partial charge in [0.2, 0.25) is 0 Å². The monoisotopic (exact) mass is 316 g/mol. The van der Waals surface area contributed by atoms with E-state index in [0.717, 1.165) is 23.0 Å². The molecule has 1 saturated carbocycles. The lowest BCUT2D eigenvalue weighted by molar-refractivity contribution is -0.384. The van der Waals surface area contributed by atoms with Crippen molar-refractivity contribution in [2.24, 2.45) is 5.92 Å². The molecule has 122 valence electrons. The minimum absolute atomic E-state index is 0.0607. The van der Waals surface area contributed by atoms with Crippen LogP contribution in [0.2, 0.25) is 0 Å². The van der Waals surface area contributed by atoms with Gasteiger partial charge in [0.1, 0.15) is 17.3 Å². The third-order valence-electron chi connectivity index (χ3n) is 4.25. The van der Waals surface area contributed by atoms with Gasteiger partial charge in [0.15, 0.2) is 0 Å². The van der Waals surface area contributed by atoms with Crippen LogP contribution < -0.4 is 10.1 Å². The molecule has 1 fully saturated rings. The minimum atomic E-state index is -0.404. The average Bonchev–Trinajstić information content (AvgIpc) is 3.08. The third kappa shape index (κ3) is 3.53. The molecule has 2 unspecified atom stereocenters. The van der Waals surface area contributed by atoms with Crippen LogP contribution in [-0.2, 0) is 13.1 Å². The van der Waals surface area contributed by atoms with E-state index in [9.17, 15) is 10.1 Å². The Balaban J connectivity index is 1.60. The summed E-state index contributed by atoms with van der Waals surface area (Å²) in [4.78, 5) is 10.5. The Hall–Kier alpha value is -2.34. The second-order valence-electron chi connectivity index (χ2n) is 5.98. The molecule has 0 bridgehead atoms. The largest absolute Gasteiger partial charge is 0.496 e. The van der Waals surface area contributed by atoms with Gasteiger partial charge in [-0.15, -0.1) is 0 Å². The second-order valence-corrected chi connectivity index (χ2v) is 5.98. The topological polar surface area (TPSA) is 77.5 Å². The second kappa shape index (κ2) is 6.42. The van der Waals surface area contributed by atoms with E-state index in [0.29, 0.717) is 24.8 Å². The number of nitrogens with one attached hydrogen (secondary N) is 1. The van der Waals surface area contributed by atoms with E-state index in [1.165, 1.54) is 18.6 Å². The van der Waals surface area contributed by atoms with Crippen LogP contribution in [0.25, 0.3) is 0 Å². The highest BCUT2D eigenvalue weighted by molar-refractivity contribution is 5.43. The van der Waals surface area contributed by atoms with Crippen LogP contribution in [0.5, 0.6) is 5.75 Å². The number of furan rings is 1. The van der Waals surface area contributed by atoms with Gasteiger partial charge in [-0.1, -0.05) is 6.92 Å². The predicted octanol–water partition coefficient (Wildman–Crippen LogP) is 3.61. The molecule has 2 aromatic rings. The van der Waals surface area contributed by atoms with E-state index in [4.69, 9.17) is 9.15 Å². The molecule has 1 aromatic heterocycles. The number of hydrogen-bond acceptors (Lipinski definition) is 5. The van der Waals surface area contributed by atoms with E-state index in [-0.39, 0.29) is 5.69 Å². The number of methoxy groups -OCH3 is 1. The fourth-order valence-electron chi connectivity index (χ4n) is 2.74. The van der Waals surface area contributed by atoms with Crippen molar-refractivity contribution >= 4 is 5.69 Å². The quantitative estimate of drug-likeness (QED) is 0.623. The van der Waals surface area contributed by atoms with Gasteiger partial charge in [0, 0.05) is 30.2 Å². The summed E-state index contributed by atoms with van der Waals surface area (Å²) in [5.41, 5.74) is 0.815. The summed E-state index contributed by atoms with van der Waals surface area (Å²) >= 11 is 0. The van der Waals surface area contributed by atoms with E-state index < -0.39 is 4.92 Å². The van der Waals surface area contributed by atoms with Crippen LogP contribution in [0, 0.1) is 16.0 Å². The molecule has 0 amide bonds. The van der Waals surface area contributed by atoms with E-state index in [1.54, 1.807) is 13.2 Å². The lowest BCUT2D eigenvalue weighted by Crippen LogP contribution is -2.13. The first-order valence-corrected chi connectivity index (χ1v) is 7.69. The van der Waals surface area contributed by atoms with E-state index in [1.807, 2.05) is 12.1 Å². The highest BCUT2D eigenvalue weighted by atomic mass is 16.6. The molecule has 23 heavy (non-hydrogen) atoms. The van der Waals surface area contributed by atoms with E-state index in [2.05, 4.69) is 12.2 Å². The Bertz CT molecular complexity index is 710. The van der Waals surface area contributed by atoms with Crippen LogP contribution in [0.4, 0.5) is 5.69 Å². The summed E-state index contributed by atoms with van der Waals surface area (Å²) in [5.74, 6) is 3.86. The maximum absolute atomic E-state index is 10.9. The first kappa shape index (κ1) is 15.6. The smallest absolute Gasteiger partial charge is 0.270 e. The Labute approximate surface area is 134 Å². The maximum Gasteiger partial charge on any atom is 0.270 e. The molecule has 0 aliphatic heterocycles.